The van der Waals surface area contributed by atoms with Crippen LogP contribution in [0.2, 0.25) is 0 Å². The Kier molecular flexibility index (Phi) is 109. The minimum Gasteiger partial charge on any atom is -0.465 e. The highest BCUT2D eigenvalue weighted by Crippen LogP contribution is 2.30. The van der Waals surface area contributed by atoms with Gasteiger partial charge in [-0.1, -0.05) is 486 Å². The highest BCUT2D eigenvalue weighted by Gasteiger charge is 2.32. The molecule has 878 valence electrons. The van der Waals surface area contributed by atoms with Crippen molar-refractivity contribution in [1.29, 1.82) is 0 Å². The molecule has 0 amide bonds. The van der Waals surface area contributed by atoms with Crippen molar-refractivity contribution in [3.05, 3.63) is 0 Å². The fourth-order valence-electron chi connectivity index (χ4n) is 20.7. The Labute approximate surface area is 920 Å². The van der Waals surface area contributed by atoms with Crippen LogP contribution in [0.3, 0.4) is 0 Å². The van der Waals surface area contributed by atoms with E-state index in [2.05, 4.69) is 62.3 Å². The van der Waals surface area contributed by atoms with Crippen LogP contribution in [0.4, 0.5) is 0 Å². The van der Waals surface area contributed by atoms with Gasteiger partial charge in [0.1, 0.15) is 56.4 Å². The van der Waals surface area contributed by atoms with Crippen LogP contribution in [0.15, 0.2) is 0 Å². The maximum Gasteiger partial charge on any atom is 0.306 e. The monoisotopic (exact) mass is 2110 g/mol. The van der Waals surface area contributed by atoms with Crippen LogP contribution < -0.4 is 0 Å². The maximum absolute atomic E-state index is 13.8. The van der Waals surface area contributed by atoms with Gasteiger partial charge in [0.2, 0.25) is 0 Å². The van der Waals surface area contributed by atoms with Gasteiger partial charge >= 0.3 is 53.7 Å². The van der Waals surface area contributed by atoms with Gasteiger partial charge in [0.25, 0.3) is 0 Å². The van der Waals surface area contributed by atoms with E-state index in [0.717, 1.165) is 308 Å². The van der Waals surface area contributed by atoms with E-state index < -0.39 is 5.41 Å². The number of carbonyl (C=O) groups excluding carboxylic acids is 9. The second-order valence-electron chi connectivity index (χ2n) is 46.1. The summed E-state index contributed by atoms with van der Waals surface area (Å²) in [6, 6.07) is 0. The maximum atomic E-state index is 13.8. The third-order valence-electron chi connectivity index (χ3n) is 30.7. The van der Waals surface area contributed by atoms with Crippen molar-refractivity contribution in [3.63, 3.8) is 0 Å². The summed E-state index contributed by atoms with van der Waals surface area (Å²) in [6.45, 7) is 21.6. The lowest BCUT2D eigenvalue weighted by atomic mass is 9.94. The van der Waals surface area contributed by atoms with E-state index >= 15 is 0 Å². The molecule has 0 radical (unpaired) electrons. The SMILES string of the molecule is CCCCCCCCCCCC(=O)OC(CCCCCC)CCC(CCCCCCCC(=O)OCC(C)(COC(=O)CCCCCCCC(CCC(CCCCCC)OC(=O)CCCCCCCCCCC)OC(=O)CCCCCCCCCCC)COC(=O)CCCCCCCC(CCC(CCCCCC)OC(=O)CCCCCCCCCCC)OC(=O)CCCCCCCCCCC)OC(=O)CCCCCCCCCCC. The van der Waals surface area contributed by atoms with E-state index in [1.165, 1.54) is 231 Å². The molecule has 0 saturated carbocycles. The average Bonchev–Trinajstić information content (AvgIpc) is 0.875. The molecule has 0 saturated heterocycles. The molecule has 0 aromatic heterocycles. The lowest BCUT2D eigenvalue weighted by molar-refractivity contribution is -0.161. The predicted octanol–water partition coefficient (Wildman–Crippen LogP) is 40.1. The standard InChI is InChI=1S/C131H246O18/c1-11-20-29-38-44-50-56-68-86-101-125(135)144-116(92-77-35-26-17-7)107-110-119(147-128(138)104-89-71-59-53-47-41-32-23-14-4)95-80-65-62-74-83-98-122(132)141-113-131(10,114-142-123(133)99-84-75-63-66-81-96-120(148-129(139)105-90-72-60-54-48-42-33-24-15-5)111-108-117(93-78-36-27-18-8)145-126(136)102-87-69-57-51-45-39-30-21-12-2)115-143-124(134)100-85-76-64-67-82-97-121(149-130(140)106-91-73-61-55-49-43-34-25-16-6)112-109-118(94-79-37-28-19-9)146-127(137)103-88-70-58-52-46-40-31-22-13-3/h116-121H,11-115H2,1-10H3. The van der Waals surface area contributed by atoms with E-state index in [0.29, 0.717) is 96.3 Å². The zero-order valence-corrected chi connectivity index (χ0v) is 100. The van der Waals surface area contributed by atoms with Crippen molar-refractivity contribution in [2.75, 3.05) is 19.8 Å². The first-order valence-electron chi connectivity index (χ1n) is 65.5. The van der Waals surface area contributed by atoms with Gasteiger partial charge in [-0.2, -0.15) is 0 Å². The fourth-order valence-corrected chi connectivity index (χ4v) is 20.7. The van der Waals surface area contributed by atoms with Crippen LogP contribution >= 0.6 is 0 Å². The van der Waals surface area contributed by atoms with Gasteiger partial charge in [-0.05, 0) is 180 Å². The minimum atomic E-state index is -1.02. The summed E-state index contributed by atoms with van der Waals surface area (Å²) < 4.78 is 55.8. The van der Waals surface area contributed by atoms with Crippen LogP contribution in [-0.2, 0) is 85.8 Å². The Morgan fingerprint density at radius 3 is 0.362 bits per heavy atom. The molecule has 0 bridgehead atoms. The van der Waals surface area contributed by atoms with Crippen LogP contribution in [-0.4, -0.2) is 110 Å². The lowest BCUT2D eigenvalue weighted by Gasteiger charge is -2.28. The summed E-state index contributed by atoms with van der Waals surface area (Å²) in [5.41, 5.74) is -1.02. The van der Waals surface area contributed by atoms with E-state index in [4.69, 9.17) is 42.6 Å². The quantitative estimate of drug-likeness (QED) is 0.0312. The van der Waals surface area contributed by atoms with Crippen LogP contribution in [0.1, 0.15) is 724 Å². The summed E-state index contributed by atoms with van der Waals surface area (Å²) in [6.07, 6.45) is 99.6. The van der Waals surface area contributed by atoms with E-state index in [1.807, 2.05) is 6.92 Å². The normalized spacial score (nSPS) is 13.2. The van der Waals surface area contributed by atoms with Gasteiger partial charge in [0, 0.05) is 57.8 Å². The zero-order valence-electron chi connectivity index (χ0n) is 100. The molecular formula is C131H246O18. The summed E-state index contributed by atoms with van der Waals surface area (Å²) in [4.78, 5) is 122. The molecule has 0 heterocycles. The number of esters is 9. The van der Waals surface area contributed by atoms with E-state index in [9.17, 15) is 43.2 Å². The smallest absolute Gasteiger partial charge is 0.306 e. The fraction of sp³-hybridized carbons (Fsp3) is 0.931. The summed E-state index contributed by atoms with van der Waals surface area (Å²) in [7, 11) is 0. The largest absolute Gasteiger partial charge is 0.465 e. The van der Waals surface area contributed by atoms with E-state index in [1.54, 1.807) is 0 Å². The number of carbonyl (C=O) groups is 9. The second-order valence-corrected chi connectivity index (χ2v) is 46.1. The minimum absolute atomic E-state index is 0.108. The molecule has 0 rings (SSSR count). The van der Waals surface area contributed by atoms with E-state index in [-0.39, 0.29) is 129 Å². The Morgan fingerprint density at radius 1 is 0.134 bits per heavy atom. The molecule has 6 unspecified atom stereocenters. The first-order chi connectivity index (χ1) is 72.8. The molecule has 0 N–H and O–H groups in total. The van der Waals surface area contributed by atoms with Gasteiger partial charge < -0.3 is 42.6 Å². The van der Waals surface area contributed by atoms with Crippen molar-refractivity contribution < 1.29 is 85.8 Å². The number of hydrogen-bond acceptors (Lipinski definition) is 18. The van der Waals surface area contributed by atoms with Gasteiger partial charge in [-0.3, -0.25) is 43.2 Å². The van der Waals surface area contributed by atoms with Crippen molar-refractivity contribution >= 4 is 53.7 Å². The predicted molar refractivity (Wildman–Crippen MR) is 622 cm³/mol. The van der Waals surface area contributed by atoms with Crippen molar-refractivity contribution in [2.24, 2.45) is 5.41 Å². The Morgan fingerprint density at radius 2 is 0.235 bits per heavy atom. The summed E-state index contributed by atoms with van der Waals surface area (Å²) in [5, 5.41) is 0. The van der Waals surface area contributed by atoms with Gasteiger partial charge in [0.15, 0.2) is 0 Å². The molecule has 0 spiro atoms. The van der Waals surface area contributed by atoms with Gasteiger partial charge in [0.05, 0.1) is 5.41 Å². The Bertz CT molecular complexity index is 2650. The number of unbranched alkanes of at least 4 members (excludes halogenated alkanes) is 69. The Hall–Kier alpha value is -4.77. The van der Waals surface area contributed by atoms with Crippen LogP contribution in [0.5, 0.6) is 0 Å². The second kappa shape index (κ2) is 113. The molecule has 6 atom stereocenters. The van der Waals surface area contributed by atoms with Gasteiger partial charge in [-0.25, -0.2) is 0 Å². The van der Waals surface area contributed by atoms with Crippen LogP contribution in [0, 0.1) is 5.41 Å². The molecule has 18 heteroatoms. The molecule has 0 aromatic rings. The van der Waals surface area contributed by atoms with Crippen molar-refractivity contribution in [3.8, 4) is 0 Å². The molecule has 0 aliphatic rings. The number of rotatable bonds is 120. The Balaban J connectivity index is 6.56. The molecule has 0 aliphatic heterocycles. The molecule has 0 aromatic carbocycles. The first-order valence-corrected chi connectivity index (χ1v) is 65.5. The summed E-state index contributed by atoms with van der Waals surface area (Å²) >= 11 is 0. The number of ether oxygens (including phenoxy) is 9. The third-order valence-corrected chi connectivity index (χ3v) is 30.7. The molecule has 149 heavy (non-hydrogen) atoms. The van der Waals surface area contributed by atoms with Crippen molar-refractivity contribution in [1.82, 2.24) is 0 Å². The molecule has 18 nitrogen and oxygen atoms in total. The molecular weight excluding hydrogens is 1860 g/mol. The van der Waals surface area contributed by atoms with Gasteiger partial charge in [-0.15, -0.1) is 0 Å². The average molecular weight is 2110 g/mol. The lowest BCUT2D eigenvalue weighted by Crippen LogP contribution is -2.37. The highest BCUT2D eigenvalue weighted by atomic mass is 16.6. The molecule has 0 fully saturated rings. The zero-order chi connectivity index (χ0) is 109. The van der Waals surface area contributed by atoms with Crippen LogP contribution in [0.25, 0.3) is 0 Å². The topological polar surface area (TPSA) is 237 Å². The molecule has 0 aliphatic carbocycles. The summed E-state index contributed by atoms with van der Waals surface area (Å²) in [5.74, 6) is -1.84. The highest BCUT2D eigenvalue weighted by molar-refractivity contribution is 5.72. The third kappa shape index (κ3) is 103. The first kappa shape index (κ1) is 144. The number of hydrogen-bond donors (Lipinski definition) is 0. The van der Waals surface area contributed by atoms with Crippen molar-refractivity contribution in [2.45, 2.75) is 761 Å².